The van der Waals surface area contributed by atoms with Gasteiger partial charge >= 0.3 is 0 Å². The molecule has 0 N–H and O–H groups in total. The topological polar surface area (TPSA) is 39.7 Å². The van der Waals surface area contributed by atoms with Crippen LogP contribution < -0.4 is 4.90 Å². The van der Waals surface area contributed by atoms with Crippen molar-refractivity contribution in [1.29, 1.82) is 0 Å². The van der Waals surface area contributed by atoms with Crippen molar-refractivity contribution in [1.82, 2.24) is 14.8 Å². The molecule has 0 saturated carbocycles. The van der Waals surface area contributed by atoms with Gasteiger partial charge in [-0.2, -0.15) is 0 Å². The minimum Gasteiger partial charge on any atom is -0.346 e. The Bertz CT molecular complexity index is 684. The van der Waals surface area contributed by atoms with E-state index in [1.54, 1.807) is 28.4 Å². The summed E-state index contributed by atoms with van der Waals surface area (Å²) >= 11 is 1.65. The number of piperazine rings is 1. The van der Waals surface area contributed by atoms with Crippen LogP contribution in [0, 0.1) is 5.82 Å². The third-order valence-electron chi connectivity index (χ3n) is 4.75. The number of amides is 1. The Morgan fingerprint density at radius 3 is 2.56 bits per heavy atom. The third kappa shape index (κ3) is 4.35. The molecule has 3 rings (SSSR count). The van der Waals surface area contributed by atoms with Crippen LogP contribution in [0.4, 0.5) is 9.52 Å². The van der Waals surface area contributed by atoms with Crippen LogP contribution in [0.5, 0.6) is 0 Å². The quantitative estimate of drug-likeness (QED) is 0.820. The van der Waals surface area contributed by atoms with E-state index in [0.717, 1.165) is 36.9 Å². The van der Waals surface area contributed by atoms with Gasteiger partial charge in [0.25, 0.3) is 0 Å². The Balaban J connectivity index is 1.51. The first-order valence-corrected chi connectivity index (χ1v) is 9.30. The summed E-state index contributed by atoms with van der Waals surface area (Å²) in [6, 6.07) is 6.25. The van der Waals surface area contributed by atoms with Gasteiger partial charge < -0.3 is 9.80 Å². The lowest BCUT2D eigenvalue weighted by Crippen LogP contribution is -2.49. The molecular formula is C18H23FN4OS. The van der Waals surface area contributed by atoms with E-state index < -0.39 is 0 Å². The number of halogens is 1. The molecule has 1 atom stereocenters. The Hall–Kier alpha value is -1.99. The van der Waals surface area contributed by atoms with Crippen LogP contribution in [-0.4, -0.2) is 60.5 Å². The molecule has 1 fully saturated rings. The maximum absolute atomic E-state index is 13.1. The lowest BCUT2D eigenvalue weighted by atomic mass is 10.1. The first-order valence-electron chi connectivity index (χ1n) is 8.42. The molecule has 1 aliphatic rings. The fourth-order valence-corrected chi connectivity index (χ4v) is 3.65. The monoisotopic (exact) mass is 362 g/mol. The summed E-state index contributed by atoms with van der Waals surface area (Å²) < 4.78 is 13.1. The summed E-state index contributed by atoms with van der Waals surface area (Å²) in [6.07, 6.45) is 1.82. The molecule has 0 unspecified atom stereocenters. The van der Waals surface area contributed by atoms with Crippen LogP contribution in [-0.2, 0) is 4.79 Å². The van der Waals surface area contributed by atoms with E-state index >= 15 is 0 Å². The van der Waals surface area contributed by atoms with E-state index in [0.29, 0.717) is 6.54 Å². The standard InChI is InChI=1S/C18H23FN4OS/c1-14(15-3-5-16(19)6-4-15)21(2)17(24)13-22-8-10-23(11-9-22)18-20-7-12-25-18/h3-7,12,14H,8-11,13H2,1-2H3/t14-/m1/s1. The van der Waals surface area contributed by atoms with Crippen molar-refractivity contribution >= 4 is 22.4 Å². The number of anilines is 1. The average Bonchev–Trinajstić information content (AvgIpc) is 3.16. The molecule has 1 aromatic heterocycles. The predicted octanol–water partition coefficient (Wildman–Crippen LogP) is 2.62. The molecule has 0 aliphatic carbocycles. The summed E-state index contributed by atoms with van der Waals surface area (Å²) in [6.45, 7) is 5.85. The highest BCUT2D eigenvalue weighted by molar-refractivity contribution is 7.13. The minimum atomic E-state index is -0.261. The third-order valence-corrected chi connectivity index (χ3v) is 5.58. The van der Waals surface area contributed by atoms with Crippen molar-refractivity contribution in [3.8, 4) is 0 Å². The average molecular weight is 362 g/mol. The number of nitrogens with zero attached hydrogens (tertiary/aromatic N) is 4. The summed E-state index contributed by atoms with van der Waals surface area (Å²) in [4.78, 5) is 23.1. The highest BCUT2D eigenvalue weighted by Crippen LogP contribution is 2.21. The lowest BCUT2D eigenvalue weighted by Gasteiger charge is -2.35. The van der Waals surface area contributed by atoms with Crippen LogP contribution in [0.25, 0.3) is 0 Å². The second-order valence-corrected chi connectivity index (χ2v) is 7.18. The van der Waals surface area contributed by atoms with Gasteiger partial charge in [-0.15, -0.1) is 11.3 Å². The van der Waals surface area contributed by atoms with E-state index in [1.807, 2.05) is 25.5 Å². The van der Waals surface area contributed by atoms with Gasteiger partial charge in [-0.1, -0.05) is 12.1 Å². The van der Waals surface area contributed by atoms with E-state index in [9.17, 15) is 9.18 Å². The van der Waals surface area contributed by atoms with Crippen LogP contribution in [0.3, 0.4) is 0 Å². The molecule has 134 valence electrons. The number of carbonyl (C=O) groups excluding carboxylic acids is 1. The fourth-order valence-electron chi connectivity index (χ4n) is 2.95. The second-order valence-electron chi connectivity index (χ2n) is 6.31. The van der Waals surface area contributed by atoms with Crippen molar-refractivity contribution < 1.29 is 9.18 Å². The first-order chi connectivity index (χ1) is 12.0. The van der Waals surface area contributed by atoms with Crippen molar-refractivity contribution in [3.05, 3.63) is 47.2 Å². The second kappa shape index (κ2) is 7.93. The highest BCUT2D eigenvalue weighted by atomic mass is 32.1. The number of rotatable bonds is 5. The fraction of sp³-hybridized carbons (Fsp3) is 0.444. The lowest BCUT2D eigenvalue weighted by molar-refractivity contribution is -0.133. The molecule has 7 heteroatoms. The van der Waals surface area contributed by atoms with Crippen LogP contribution >= 0.6 is 11.3 Å². The normalized spacial score (nSPS) is 16.7. The summed E-state index contributed by atoms with van der Waals surface area (Å²) in [7, 11) is 1.81. The SMILES string of the molecule is C[C@H](c1ccc(F)cc1)N(C)C(=O)CN1CCN(c2nccs2)CC1. The molecule has 1 aromatic carbocycles. The number of likely N-dealkylation sites (N-methyl/N-ethyl adjacent to an activating group) is 1. The molecule has 1 aliphatic heterocycles. The van der Waals surface area contributed by atoms with E-state index in [2.05, 4.69) is 14.8 Å². The van der Waals surface area contributed by atoms with Gasteiger partial charge in [-0.3, -0.25) is 9.69 Å². The number of hydrogen-bond acceptors (Lipinski definition) is 5. The Morgan fingerprint density at radius 1 is 1.28 bits per heavy atom. The first kappa shape index (κ1) is 17.8. The molecule has 1 amide bonds. The van der Waals surface area contributed by atoms with Gasteiger partial charge in [-0.25, -0.2) is 9.37 Å². The zero-order valence-corrected chi connectivity index (χ0v) is 15.4. The maximum atomic E-state index is 13.1. The number of thiazole rings is 1. The number of hydrogen-bond donors (Lipinski definition) is 0. The van der Waals surface area contributed by atoms with E-state index in [-0.39, 0.29) is 17.8 Å². The maximum Gasteiger partial charge on any atom is 0.236 e. The molecule has 0 spiro atoms. The largest absolute Gasteiger partial charge is 0.346 e. The van der Waals surface area contributed by atoms with Gasteiger partial charge in [0.05, 0.1) is 12.6 Å². The molecule has 0 bridgehead atoms. The van der Waals surface area contributed by atoms with Crippen LogP contribution in [0.2, 0.25) is 0 Å². The molecule has 2 aromatic rings. The number of carbonyl (C=O) groups is 1. The highest BCUT2D eigenvalue weighted by Gasteiger charge is 2.23. The van der Waals surface area contributed by atoms with Crippen molar-refractivity contribution in [2.24, 2.45) is 0 Å². The molecular weight excluding hydrogens is 339 g/mol. The number of benzene rings is 1. The van der Waals surface area contributed by atoms with Crippen molar-refractivity contribution in [2.45, 2.75) is 13.0 Å². The van der Waals surface area contributed by atoms with Crippen molar-refractivity contribution in [3.63, 3.8) is 0 Å². The van der Waals surface area contributed by atoms with Gasteiger partial charge in [0.1, 0.15) is 5.82 Å². The predicted molar refractivity (Wildman–Crippen MR) is 98.4 cm³/mol. The Labute approximate surface area is 151 Å². The minimum absolute atomic E-state index is 0.0790. The van der Waals surface area contributed by atoms with Crippen LogP contribution in [0.1, 0.15) is 18.5 Å². The Kier molecular flexibility index (Phi) is 5.65. The van der Waals surface area contributed by atoms with E-state index in [1.165, 1.54) is 12.1 Å². The molecule has 25 heavy (non-hydrogen) atoms. The zero-order chi connectivity index (χ0) is 17.8. The smallest absolute Gasteiger partial charge is 0.236 e. The van der Waals surface area contributed by atoms with Gasteiger partial charge in [0, 0.05) is 44.8 Å². The summed E-state index contributed by atoms with van der Waals surface area (Å²) in [5.41, 5.74) is 0.936. The zero-order valence-electron chi connectivity index (χ0n) is 14.6. The molecule has 2 heterocycles. The van der Waals surface area contributed by atoms with Crippen LogP contribution in [0.15, 0.2) is 35.8 Å². The Morgan fingerprint density at radius 2 is 1.96 bits per heavy atom. The molecule has 5 nitrogen and oxygen atoms in total. The van der Waals surface area contributed by atoms with Gasteiger partial charge in [0.15, 0.2) is 5.13 Å². The van der Waals surface area contributed by atoms with E-state index in [4.69, 9.17) is 0 Å². The van der Waals surface area contributed by atoms with Gasteiger partial charge in [-0.05, 0) is 24.6 Å². The summed E-state index contributed by atoms with van der Waals surface area (Å²) in [5, 5.41) is 3.03. The molecule has 0 radical (unpaired) electrons. The van der Waals surface area contributed by atoms with Crippen molar-refractivity contribution in [2.75, 3.05) is 44.7 Å². The summed E-state index contributed by atoms with van der Waals surface area (Å²) in [5.74, 6) is -0.178. The number of aromatic nitrogens is 1. The van der Waals surface area contributed by atoms with Gasteiger partial charge in [0.2, 0.25) is 5.91 Å². The molecule has 1 saturated heterocycles.